The summed E-state index contributed by atoms with van der Waals surface area (Å²) in [5.74, 6) is 0.328. The number of aliphatic hydroxyl groups excluding tert-OH is 1. The minimum Gasteiger partial charge on any atom is -0.493 e. The Balaban J connectivity index is 1.35. The number of amides is 2. The maximum atomic E-state index is 13.3. The highest BCUT2D eigenvalue weighted by Gasteiger charge is 2.36. The minimum atomic E-state index is -0.540. The molecule has 2 amide bonds. The van der Waals surface area contributed by atoms with Crippen LogP contribution in [0.5, 0.6) is 11.5 Å². The van der Waals surface area contributed by atoms with Gasteiger partial charge in [-0.25, -0.2) is 0 Å². The average Bonchev–Trinajstić information content (AvgIpc) is 2.97. The van der Waals surface area contributed by atoms with Gasteiger partial charge in [0.1, 0.15) is 0 Å². The van der Waals surface area contributed by atoms with Crippen LogP contribution >= 0.6 is 31.9 Å². The molecule has 2 N–H and O–H groups in total. The minimum absolute atomic E-state index is 0.0254. The summed E-state index contributed by atoms with van der Waals surface area (Å²) < 4.78 is 13.0. The summed E-state index contributed by atoms with van der Waals surface area (Å²) in [6.07, 6.45) is 0. The number of halogens is 2. The van der Waals surface area contributed by atoms with Gasteiger partial charge in [-0.2, -0.15) is 0 Å². The second-order valence-electron chi connectivity index (χ2n) is 9.43. The Labute approximate surface area is 245 Å². The molecule has 3 aromatic carbocycles. The van der Waals surface area contributed by atoms with Crippen LogP contribution < -0.4 is 14.8 Å². The fourth-order valence-corrected chi connectivity index (χ4v) is 5.09. The van der Waals surface area contributed by atoms with Crippen molar-refractivity contribution in [2.75, 3.05) is 51.8 Å². The van der Waals surface area contributed by atoms with Gasteiger partial charge in [-0.1, -0.05) is 44.0 Å². The molecule has 8 nitrogen and oxygen atoms in total. The maximum Gasteiger partial charge on any atom is 0.262 e. The summed E-state index contributed by atoms with van der Waals surface area (Å²) in [6, 6.07) is 20.2. The van der Waals surface area contributed by atoms with E-state index in [1.807, 2.05) is 43.3 Å². The molecule has 0 spiro atoms. The van der Waals surface area contributed by atoms with Crippen molar-refractivity contribution in [1.82, 2.24) is 9.80 Å². The van der Waals surface area contributed by atoms with E-state index in [1.165, 1.54) is 7.11 Å². The second-order valence-corrected chi connectivity index (χ2v) is 11.3. The first-order valence-corrected chi connectivity index (χ1v) is 14.1. The van der Waals surface area contributed by atoms with Gasteiger partial charge in [0.15, 0.2) is 18.1 Å². The van der Waals surface area contributed by atoms with Crippen LogP contribution in [-0.2, 0) is 10.3 Å². The summed E-state index contributed by atoms with van der Waals surface area (Å²) in [7, 11) is 1.50. The van der Waals surface area contributed by atoms with E-state index < -0.39 is 5.54 Å². The molecule has 1 atom stereocenters. The number of ether oxygens (including phenoxy) is 2. The SMILES string of the molecule is COc1cc(C(=O)N2CCN(C(C)(CO)c3ccc(Br)cc3)CC2)ccc1OCC(=O)Nc1ccc(Br)cc1. The molecule has 0 bridgehead atoms. The molecule has 1 aliphatic heterocycles. The summed E-state index contributed by atoms with van der Waals surface area (Å²) >= 11 is 6.83. The van der Waals surface area contributed by atoms with Crippen molar-refractivity contribution in [2.24, 2.45) is 0 Å². The van der Waals surface area contributed by atoms with Gasteiger partial charge in [-0.3, -0.25) is 14.5 Å². The molecule has 0 saturated carbocycles. The summed E-state index contributed by atoms with van der Waals surface area (Å²) in [5, 5.41) is 13.0. The van der Waals surface area contributed by atoms with Gasteiger partial charge in [-0.15, -0.1) is 0 Å². The fraction of sp³-hybridized carbons (Fsp3) is 0.310. The van der Waals surface area contributed by atoms with Crippen LogP contribution in [-0.4, -0.2) is 73.2 Å². The summed E-state index contributed by atoms with van der Waals surface area (Å²) in [5.41, 5.74) is 1.63. The number of hydrogen-bond donors (Lipinski definition) is 2. The first-order chi connectivity index (χ1) is 18.7. The first kappa shape index (κ1) is 29.1. The molecule has 0 aliphatic carbocycles. The van der Waals surface area contributed by atoms with Crippen LogP contribution in [0, 0.1) is 0 Å². The molecule has 1 heterocycles. The van der Waals surface area contributed by atoms with Crippen molar-refractivity contribution in [3.63, 3.8) is 0 Å². The molecular weight excluding hydrogens is 630 g/mol. The highest BCUT2D eigenvalue weighted by Crippen LogP contribution is 2.32. The number of hydrogen-bond acceptors (Lipinski definition) is 6. The molecule has 10 heteroatoms. The van der Waals surface area contributed by atoms with E-state index in [-0.39, 0.29) is 25.0 Å². The van der Waals surface area contributed by atoms with Crippen LogP contribution in [0.3, 0.4) is 0 Å². The molecule has 3 aromatic rings. The van der Waals surface area contributed by atoms with E-state index in [9.17, 15) is 14.7 Å². The lowest BCUT2D eigenvalue weighted by molar-refractivity contribution is -0.118. The number of carbonyl (C=O) groups excluding carboxylic acids is 2. The standard InChI is InChI=1S/C29H31Br2N3O5/c1-29(19-35,21-4-6-22(30)7-5-21)34-15-13-33(14-16-34)28(37)20-3-12-25(26(17-20)38-2)39-18-27(36)32-24-10-8-23(31)9-11-24/h3-12,17,35H,13-16,18-19H2,1-2H3,(H,32,36). The number of aliphatic hydroxyl groups is 1. The Morgan fingerprint density at radius 1 is 0.923 bits per heavy atom. The van der Waals surface area contributed by atoms with E-state index in [4.69, 9.17) is 9.47 Å². The Morgan fingerprint density at radius 3 is 2.13 bits per heavy atom. The van der Waals surface area contributed by atoms with Gasteiger partial charge >= 0.3 is 0 Å². The lowest BCUT2D eigenvalue weighted by Crippen LogP contribution is -2.56. The van der Waals surface area contributed by atoms with Gasteiger partial charge in [-0.05, 0) is 67.1 Å². The zero-order valence-corrected chi connectivity index (χ0v) is 25.0. The lowest BCUT2D eigenvalue weighted by Gasteiger charge is -2.45. The molecule has 0 aromatic heterocycles. The maximum absolute atomic E-state index is 13.3. The van der Waals surface area contributed by atoms with Gasteiger partial charge in [0.25, 0.3) is 11.8 Å². The number of methoxy groups -OCH3 is 1. The van der Waals surface area contributed by atoms with E-state index in [0.29, 0.717) is 48.9 Å². The fourth-order valence-electron chi connectivity index (χ4n) is 4.56. The number of anilines is 1. The quantitative estimate of drug-likeness (QED) is 0.339. The predicted octanol–water partition coefficient (Wildman–Crippen LogP) is 4.90. The van der Waals surface area contributed by atoms with Crippen molar-refractivity contribution in [2.45, 2.75) is 12.5 Å². The normalized spacial score (nSPS) is 15.4. The Morgan fingerprint density at radius 2 is 1.54 bits per heavy atom. The van der Waals surface area contributed by atoms with Crippen molar-refractivity contribution in [1.29, 1.82) is 0 Å². The number of piperazine rings is 1. The first-order valence-electron chi connectivity index (χ1n) is 12.5. The average molecular weight is 661 g/mol. The third kappa shape index (κ3) is 7.00. The number of nitrogens with zero attached hydrogens (tertiary/aromatic N) is 2. The lowest BCUT2D eigenvalue weighted by atomic mass is 9.90. The van der Waals surface area contributed by atoms with Crippen LogP contribution in [0.2, 0.25) is 0 Å². The molecule has 1 aliphatic rings. The van der Waals surface area contributed by atoms with Crippen molar-refractivity contribution in [3.8, 4) is 11.5 Å². The van der Waals surface area contributed by atoms with Gasteiger partial charge < -0.3 is 24.8 Å². The van der Waals surface area contributed by atoms with Gasteiger partial charge in [0.2, 0.25) is 0 Å². The molecule has 1 unspecified atom stereocenters. The van der Waals surface area contributed by atoms with Crippen molar-refractivity contribution >= 4 is 49.4 Å². The number of benzene rings is 3. The topological polar surface area (TPSA) is 91.3 Å². The molecule has 4 rings (SSSR count). The van der Waals surface area contributed by atoms with Gasteiger partial charge in [0.05, 0.1) is 19.3 Å². The Bertz CT molecular complexity index is 1300. The third-order valence-electron chi connectivity index (χ3n) is 6.94. The third-order valence-corrected chi connectivity index (χ3v) is 7.99. The van der Waals surface area contributed by atoms with Crippen LogP contribution in [0.4, 0.5) is 5.69 Å². The van der Waals surface area contributed by atoms with E-state index in [1.54, 1.807) is 35.2 Å². The predicted molar refractivity (Wildman–Crippen MR) is 157 cm³/mol. The highest BCUT2D eigenvalue weighted by atomic mass is 79.9. The van der Waals surface area contributed by atoms with E-state index in [2.05, 4.69) is 42.1 Å². The summed E-state index contributed by atoms with van der Waals surface area (Å²) in [6.45, 7) is 4.11. The van der Waals surface area contributed by atoms with E-state index in [0.717, 1.165) is 14.5 Å². The van der Waals surface area contributed by atoms with Gasteiger partial charge in [0, 0.05) is 46.4 Å². The number of nitrogens with one attached hydrogen (secondary N) is 1. The number of rotatable bonds is 9. The molecular formula is C29H31Br2N3O5. The Kier molecular flexibility index (Phi) is 9.66. The summed E-state index contributed by atoms with van der Waals surface area (Å²) in [4.78, 5) is 29.6. The van der Waals surface area contributed by atoms with Crippen LogP contribution in [0.25, 0.3) is 0 Å². The molecule has 1 fully saturated rings. The zero-order chi connectivity index (χ0) is 28.0. The van der Waals surface area contributed by atoms with Crippen molar-refractivity contribution in [3.05, 3.63) is 86.8 Å². The Hall–Kier alpha value is -2.92. The van der Waals surface area contributed by atoms with Crippen LogP contribution in [0.15, 0.2) is 75.7 Å². The second kappa shape index (κ2) is 13.0. The molecule has 206 valence electrons. The van der Waals surface area contributed by atoms with Crippen LogP contribution in [0.1, 0.15) is 22.8 Å². The molecule has 39 heavy (non-hydrogen) atoms. The zero-order valence-electron chi connectivity index (χ0n) is 21.8. The monoisotopic (exact) mass is 659 g/mol. The smallest absolute Gasteiger partial charge is 0.262 e. The van der Waals surface area contributed by atoms with Crippen molar-refractivity contribution < 1.29 is 24.2 Å². The largest absolute Gasteiger partial charge is 0.493 e. The number of carbonyl (C=O) groups is 2. The molecule has 1 saturated heterocycles. The van der Waals surface area contributed by atoms with E-state index >= 15 is 0 Å². The highest BCUT2D eigenvalue weighted by molar-refractivity contribution is 9.10. The molecule has 0 radical (unpaired) electrons.